The highest BCUT2D eigenvalue weighted by Gasteiger charge is 2.23. The second kappa shape index (κ2) is 10.2. The van der Waals surface area contributed by atoms with Crippen LogP contribution in [-0.4, -0.2) is 49.4 Å². The number of nitrogens with one attached hydrogen (secondary N) is 2. The Kier molecular flexibility index (Phi) is 7.15. The quantitative estimate of drug-likeness (QED) is 0.788. The van der Waals surface area contributed by atoms with Crippen molar-refractivity contribution in [2.75, 3.05) is 38.0 Å². The first-order valence-corrected chi connectivity index (χ1v) is 9.77. The zero-order valence-corrected chi connectivity index (χ0v) is 16.3. The van der Waals surface area contributed by atoms with Gasteiger partial charge in [0.15, 0.2) is 0 Å². The molecule has 0 unspecified atom stereocenters. The van der Waals surface area contributed by atoms with E-state index >= 15 is 0 Å². The van der Waals surface area contributed by atoms with Crippen LogP contribution in [0.4, 0.5) is 5.69 Å². The first kappa shape index (κ1) is 20.3. The third-order valence-electron chi connectivity index (χ3n) is 4.93. The van der Waals surface area contributed by atoms with Crippen LogP contribution in [0.5, 0.6) is 0 Å². The monoisotopic (exact) mass is 389 g/mol. The lowest BCUT2D eigenvalue weighted by molar-refractivity contribution is -0.898. The van der Waals surface area contributed by atoms with Gasteiger partial charge >= 0.3 is 0 Å². The van der Waals surface area contributed by atoms with Crippen LogP contribution in [0.3, 0.4) is 0 Å². The van der Waals surface area contributed by atoms with Gasteiger partial charge < -0.3 is 15.1 Å². The maximum Gasteiger partial charge on any atom is 0.254 e. The number of anilines is 1. The highest BCUT2D eigenvalue weighted by Crippen LogP contribution is 2.12. The van der Waals surface area contributed by atoms with Gasteiger partial charge in [-0.05, 0) is 35.9 Å². The summed E-state index contributed by atoms with van der Waals surface area (Å²) < 4.78 is 0. The third kappa shape index (κ3) is 6.03. The third-order valence-corrected chi connectivity index (χ3v) is 4.93. The number of carbonyl (C=O) groups is 2. The molecule has 1 heterocycles. The Morgan fingerprint density at radius 2 is 1.76 bits per heavy atom. The summed E-state index contributed by atoms with van der Waals surface area (Å²) in [5.74, 6) is -0.342. The highest BCUT2D eigenvalue weighted by molar-refractivity contribution is 5.96. The van der Waals surface area contributed by atoms with Gasteiger partial charge in [0.1, 0.15) is 6.42 Å². The van der Waals surface area contributed by atoms with Gasteiger partial charge in [0, 0.05) is 11.3 Å². The average Bonchev–Trinajstić information content (AvgIpc) is 2.75. The van der Waals surface area contributed by atoms with Crippen LogP contribution in [0, 0.1) is 11.3 Å². The molecule has 1 fully saturated rings. The van der Waals surface area contributed by atoms with E-state index in [0.717, 1.165) is 32.7 Å². The summed E-state index contributed by atoms with van der Waals surface area (Å²) in [5.41, 5.74) is 2.39. The second-order valence-electron chi connectivity index (χ2n) is 7.02. The maximum atomic E-state index is 12.7. The predicted octanol–water partition coefficient (Wildman–Crippen LogP) is 1.59. The van der Waals surface area contributed by atoms with Gasteiger partial charge in [-0.15, -0.1) is 0 Å². The number of benzene rings is 2. The summed E-state index contributed by atoms with van der Waals surface area (Å²) in [6, 6.07) is 18.9. The number of amides is 2. The molecule has 0 bridgehead atoms. The number of rotatable bonds is 6. The van der Waals surface area contributed by atoms with Crippen LogP contribution in [-0.2, 0) is 4.79 Å². The summed E-state index contributed by atoms with van der Waals surface area (Å²) >= 11 is 0. The minimum atomic E-state index is -0.355. The van der Waals surface area contributed by atoms with E-state index in [1.807, 2.05) is 23.1 Å². The molecule has 1 aliphatic heterocycles. The molecule has 0 spiro atoms. The standard InChI is InChI=1S/C23H24N4O2/c24-13-12-22(28)25-21-10-8-20(9-11-21)23(29)27-17-15-26(16-18-27)14-4-7-19-5-2-1-3-6-19/h1-11H,12,14-18H2,(H,25,28)/p+1/b7-4+. The molecule has 2 N–H and O–H groups in total. The summed E-state index contributed by atoms with van der Waals surface area (Å²) in [4.78, 5) is 27.5. The Morgan fingerprint density at radius 3 is 2.41 bits per heavy atom. The van der Waals surface area contributed by atoms with Gasteiger partial charge in [-0.1, -0.05) is 36.4 Å². The lowest BCUT2D eigenvalue weighted by Crippen LogP contribution is -3.14. The Labute approximate surface area is 171 Å². The van der Waals surface area contributed by atoms with Crippen molar-refractivity contribution < 1.29 is 14.5 Å². The molecule has 148 valence electrons. The number of hydrogen-bond donors (Lipinski definition) is 2. The molecular weight excluding hydrogens is 364 g/mol. The number of piperazine rings is 1. The van der Waals surface area contributed by atoms with E-state index < -0.39 is 0 Å². The number of nitrogens with zero attached hydrogens (tertiary/aromatic N) is 2. The minimum Gasteiger partial charge on any atom is -0.329 e. The van der Waals surface area contributed by atoms with Gasteiger partial charge in [-0.3, -0.25) is 9.59 Å². The Morgan fingerprint density at radius 1 is 1.07 bits per heavy atom. The van der Waals surface area contributed by atoms with Crippen LogP contribution in [0.1, 0.15) is 22.3 Å². The van der Waals surface area contributed by atoms with Gasteiger partial charge in [0.25, 0.3) is 5.91 Å². The van der Waals surface area contributed by atoms with Crippen LogP contribution in [0.25, 0.3) is 6.08 Å². The molecule has 6 nitrogen and oxygen atoms in total. The number of carbonyl (C=O) groups excluding carboxylic acids is 2. The molecule has 3 rings (SSSR count). The summed E-state index contributed by atoms with van der Waals surface area (Å²) in [6.45, 7) is 4.26. The van der Waals surface area contributed by atoms with Crippen molar-refractivity contribution in [2.24, 2.45) is 0 Å². The number of quaternary nitrogens is 1. The van der Waals surface area contributed by atoms with Crippen molar-refractivity contribution in [2.45, 2.75) is 6.42 Å². The van der Waals surface area contributed by atoms with Crippen LogP contribution in [0.2, 0.25) is 0 Å². The van der Waals surface area contributed by atoms with Crippen LogP contribution < -0.4 is 10.2 Å². The normalized spacial score (nSPS) is 14.5. The highest BCUT2D eigenvalue weighted by atomic mass is 16.2. The lowest BCUT2D eigenvalue weighted by Gasteiger charge is -2.31. The second-order valence-corrected chi connectivity index (χ2v) is 7.02. The number of hydrogen-bond acceptors (Lipinski definition) is 3. The maximum absolute atomic E-state index is 12.7. The summed E-state index contributed by atoms with van der Waals surface area (Å²) in [6.07, 6.45) is 4.15. The fourth-order valence-electron chi connectivity index (χ4n) is 3.31. The van der Waals surface area contributed by atoms with E-state index in [-0.39, 0.29) is 18.2 Å². The smallest absolute Gasteiger partial charge is 0.254 e. The van der Waals surface area contributed by atoms with Crippen LogP contribution >= 0.6 is 0 Å². The van der Waals surface area contributed by atoms with E-state index in [1.165, 1.54) is 10.5 Å². The Hall–Kier alpha value is -3.43. The van der Waals surface area contributed by atoms with Crippen molar-refractivity contribution in [3.8, 4) is 6.07 Å². The molecule has 0 aromatic heterocycles. The van der Waals surface area contributed by atoms with Gasteiger partial charge in [0.2, 0.25) is 5.91 Å². The van der Waals surface area contributed by atoms with Crippen molar-refractivity contribution in [1.82, 2.24) is 4.90 Å². The molecule has 2 aromatic carbocycles. The molecule has 6 heteroatoms. The Bertz CT molecular complexity index is 893. The molecule has 0 atom stereocenters. The van der Waals surface area contributed by atoms with E-state index in [1.54, 1.807) is 30.3 Å². The fraction of sp³-hybridized carbons (Fsp3) is 0.261. The average molecular weight is 389 g/mol. The van der Waals surface area contributed by atoms with E-state index in [0.29, 0.717) is 11.3 Å². The molecule has 1 saturated heterocycles. The number of nitriles is 1. The first-order chi connectivity index (χ1) is 14.2. The van der Waals surface area contributed by atoms with Crippen molar-refractivity contribution >= 4 is 23.6 Å². The zero-order valence-electron chi connectivity index (χ0n) is 16.3. The van der Waals surface area contributed by atoms with Gasteiger partial charge in [-0.2, -0.15) is 5.26 Å². The molecule has 29 heavy (non-hydrogen) atoms. The van der Waals surface area contributed by atoms with E-state index in [9.17, 15) is 9.59 Å². The van der Waals surface area contributed by atoms with Crippen molar-refractivity contribution in [3.63, 3.8) is 0 Å². The molecular formula is C23H25N4O2+. The molecule has 2 amide bonds. The van der Waals surface area contributed by atoms with Crippen molar-refractivity contribution in [3.05, 3.63) is 71.8 Å². The largest absolute Gasteiger partial charge is 0.329 e. The zero-order chi connectivity index (χ0) is 20.5. The minimum absolute atomic E-state index is 0.0128. The molecule has 0 saturated carbocycles. The van der Waals surface area contributed by atoms with E-state index in [2.05, 4.69) is 29.6 Å². The lowest BCUT2D eigenvalue weighted by atomic mass is 10.1. The molecule has 0 radical (unpaired) electrons. The molecule has 2 aromatic rings. The topological polar surface area (TPSA) is 77.6 Å². The van der Waals surface area contributed by atoms with Crippen LogP contribution in [0.15, 0.2) is 60.7 Å². The van der Waals surface area contributed by atoms with Gasteiger partial charge in [-0.25, -0.2) is 0 Å². The fourth-order valence-corrected chi connectivity index (χ4v) is 3.31. The molecule has 1 aliphatic rings. The molecule has 0 aliphatic carbocycles. The first-order valence-electron chi connectivity index (χ1n) is 9.77. The SMILES string of the molecule is N#CCC(=O)Nc1ccc(C(=O)N2CC[NH+](C/C=C/c3ccccc3)CC2)cc1. The predicted molar refractivity (Wildman–Crippen MR) is 112 cm³/mol. The van der Waals surface area contributed by atoms with Crippen molar-refractivity contribution in [1.29, 1.82) is 5.26 Å². The summed E-state index contributed by atoms with van der Waals surface area (Å²) in [5, 5.41) is 11.2. The van der Waals surface area contributed by atoms with E-state index in [4.69, 9.17) is 5.26 Å². The Balaban J connectivity index is 1.46. The summed E-state index contributed by atoms with van der Waals surface area (Å²) in [7, 11) is 0. The van der Waals surface area contributed by atoms with Gasteiger partial charge in [0.05, 0.1) is 38.8 Å².